The lowest BCUT2D eigenvalue weighted by atomic mass is 10.1. The second kappa shape index (κ2) is 5.42. The lowest BCUT2D eigenvalue weighted by molar-refractivity contribution is 0.312. The van der Waals surface area contributed by atoms with E-state index in [2.05, 4.69) is 4.98 Å². The van der Waals surface area contributed by atoms with Crippen LogP contribution in [0.5, 0.6) is 11.5 Å². The number of aromatic hydroxyl groups is 1. The third-order valence-corrected chi connectivity index (χ3v) is 5.02. The first kappa shape index (κ1) is 15.6. The Labute approximate surface area is 135 Å². The molecule has 0 aliphatic carbocycles. The van der Waals surface area contributed by atoms with Crippen molar-refractivity contribution in [3.05, 3.63) is 35.5 Å². The van der Waals surface area contributed by atoms with Crippen molar-refractivity contribution >= 4 is 21.2 Å². The van der Waals surface area contributed by atoms with Gasteiger partial charge in [-0.05, 0) is 37.6 Å². The average Bonchev–Trinajstić information content (AvgIpc) is 2.49. The molecule has 1 aliphatic heterocycles. The first-order chi connectivity index (χ1) is 10.8. The Hall–Kier alpha value is -2.28. The fraction of sp³-hybridized carbons (Fsp3) is 0.312. The summed E-state index contributed by atoms with van der Waals surface area (Å²) in [5.74, 6) is 0.882. The highest BCUT2D eigenvalue weighted by Gasteiger charge is 2.24. The fourth-order valence-electron chi connectivity index (χ4n) is 2.82. The molecular weight excluding hydrogens is 316 g/mol. The Morgan fingerprint density at radius 3 is 2.70 bits per heavy atom. The third kappa shape index (κ3) is 2.72. The fourth-order valence-corrected chi connectivity index (χ4v) is 3.70. The van der Waals surface area contributed by atoms with Crippen molar-refractivity contribution in [3.8, 4) is 11.5 Å². The van der Waals surface area contributed by atoms with Gasteiger partial charge in [0.15, 0.2) is 14.9 Å². The Bertz CT molecular complexity index is 878. The van der Waals surface area contributed by atoms with E-state index in [9.17, 15) is 13.5 Å². The number of aryl methyl sites for hydroxylation is 1. The summed E-state index contributed by atoms with van der Waals surface area (Å²) in [5.41, 5.74) is 2.86. The number of nitrogens with zero attached hydrogens (tertiary/aromatic N) is 2. The van der Waals surface area contributed by atoms with Crippen molar-refractivity contribution in [2.45, 2.75) is 18.9 Å². The van der Waals surface area contributed by atoms with Gasteiger partial charge in [-0.2, -0.15) is 0 Å². The van der Waals surface area contributed by atoms with E-state index >= 15 is 0 Å². The van der Waals surface area contributed by atoms with Crippen LogP contribution in [0.3, 0.4) is 0 Å². The van der Waals surface area contributed by atoms with Gasteiger partial charge in [-0.3, -0.25) is 0 Å². The molecule has 1 N–H and O–H groups in total. The van der Waals surface area contributed by atoms with Crippen LogP contribution in [0.2, 0.25) is 0 Å². The summed E-state index contributed by atoms with van der Waals surface area (Å²) < 4.78 is 29.1. The zero-order valence-corrected chi connectivity index (χ0v) is 14.0. The lowest BCUT2D eigenvalue weighted by Gasteiger charge is -2.33. The molecule has 0 bridgehead atoms. The number of phenols is 1. The van der Waals surface area contributed by atoms with Gasteiger partial charge in [-0.15, -0.1) is 0 Å². The summed E-state index contributed by atoms with van der Waals surface area (Å²) in [4.78, 5) is 6.10. The second-order valence-electron chi connectivity index (χ2n) is 5.64. The minimum atomic E-state index is -3.35. The SMILES string of the molecule is Cc1cc(N2CCOc3ccc(O)c(C)c32)cnc1S(C)(=O)=O. The highest BCUT2D eigenvalue weighted by atomic mass is 32.2. The predicted octanol–water partition coefficient (Wildman–Crippen LogP) is 2.34. The van der Waals surface area contributed by atoms with E-state index < -0.39 is 9.84 Å². The van der Waals surface area contributed by atoms with Crippen LogP contribution < -0.4 is 9.64 Å². The molecule has 2 heterocycles. The quantitative estimate of drug-likeness (QED) is 0.908. The Morgan fingerprint density at radius 2 is 2.04 bits per heavy atom. The molecule has 23 heavy (non-hydrogen) atoms. The van der Waals surface area contributed by atoms with Crippen LogP contribution in [0.4, 0.5) is 11.4 Å². The van der Waals surface area contributed by atoms with Crippen LogP contribution in [0.25, 0.3) is 0 Å². The van der Waals surface area contributed by atoms with Crippen LogP contribution in [0.15, 0.2) is 29.4 Å². The van der Waals surface area contributed by atoms with Crippen molar-refractivity contribution in [1.82, 2.24) is 4.98 Å². The monoisotopic (exact) mass is 334 g/mol. The summed E-state index contributed by atoms with van der Waals surface area (Å²) >= 11 is 0. The number of hydrogen-bond donors (Lipinski definition) is 1. The molecule has 1 aromatic carbocycles. The maximum absolute atomic E-state index is 11.7. The van der Waals surface area contributed by atoms with Gasteiger partial charge in [0.25, 0.3) is 0 Å². The van der Waals surface area contributed by atoms with Crippen molar-refractivity contribution in [2.24, 2.45) is 0 Å². The molecule has 3 rings (SSSR count). The molecule has 0 saturated heterocycles. The molecule has 0 spiro atoms. The van der Waals surface area contributed by atoms with E-state index in [4.69, 9.17) is 4.74 Å². The van der Waals surface area contributed by atoms with Gasteiger partial charge in [-0.1, -0.05) is 0 Å². The predicted molar refractivity (Wildman–Crippen MR) is 87.4 cm³/mol. The van der Waals surface area contributed by atoms with Crippen molar-refractivity contribution in [3.63, 3.8) is 0 Å². The minimum Gasteiger partial charge on any atom is -0.508 e. The van der Waals surface area contributed by atoms with Crippen LogP contribution in [-0.4, -0.2) is 37.9 Å². The molecular formula is C16H18N2O4S. The molecule has 6 nitrogen and oxygen atoms in total. The number of benzene rings is 1. The van der Waals surface area contributed by atoms with E-state index in [-0.39, 0.29) is 10.8 Å². The highest BCUT2D eigenvalue weighted by Crippen LogP contribution is 2.42. The van der Waals surface area contributed by atoms with Gasteiger partial charge in [0.2, 0.25) is 0 Å². The summed E-state index contributed by atoms with van der Waals surface area (Å²) in [7, 11) is -3.35. The van der Waals surface area contributed by atoms with Gasteiger partial charge >= 0.3 is 0 Å². The maximum atomic E-state index is 11.7. The number of hydrogen-bond acceptors (Lipinski definition) is 6. The van der Waals surface area contributed by atoms with Gasteiger partial charge in [0, 0.05) is 11.8 Å². The van der Waals surface area contributed by atoms with Gasteiger partial charge in [0.1, 0.15) is 18.1 Å². The molecule has 0 radical (unpaired) electrons. The van der Waals surface area contributed by atoms with Crippen LogP contribution in [0.1, 0.15) is 11.1 Å². The maximum Gasteiger partial charge on any atom is 0.193 e. The molecule has 0 atom stereocenters. The molecule has 0 fully saturated rings. The number of fused-ring (bicyclic) bond motifs is 1. The molecule has 122 valence electrons. The first-order valence-corrected chi connectivity index (χ1v) is 9.08. The van der Waals surface area contributed by atoms with E-state index in [0.29, 0.717) is 30.0 Å². The number of rotatable bonds is 2. The molecule has 1 aromatic heterocycles. The number of sulfone groups is 1. The third-order valence-electron chi connectivity index (χ3n) is 3.89. The Morgan fingerprint density at radius 1 is 1.30 bits per heavy atom. The topological polar surface area (TPSA) is 79.7 Å². The Balaban J connectivity index is 2.12. The smallest absolute Gasteiger partial charge is 0.193 e. The molecule has 7 heteroatoms. The zero-order chi connectivity index (χ0) is 16.8. The zero-order valence-electron chi connectivity index (χ0n) is 13.2. The van der Waals surface area contributed by atoms with Crippen LogP contribution in [-0.2, 0) is 9.84 Å². The van der Waals surface area contributed by atoms with E-state index in [1.807, 2.05) is 11.8 Å². The molecule has 0 saturated carbocycles. The molecule has 0 amide bonds. The van der Waals surface area contributed by atoms with Gasteiger partial charge in [0.05, 0.1) is 24.1 Å². The van der Waals surface area contributed by atoms with Crippen LogP contribution in [0, 0.1) is 13.8 Å². The number of aromatic nitrogens is 1. The van der Waals surface area contributed by atoms with Gasteiger partial charge < -0.3 is 14.7 Å². The molecule has 1 aliphatic rings. The molecule has 0 unspecified atom stereocenters. The summed E-state index contributed by atoms with van der Waals surface area (Å²) in [6.07, 6.45) is 2.69. The standard InChI is InChI=1S/C16H18N2O4S/c1-10-8-12(9-17-16(10)23(3,20)21)18-6-7-22-14-5-4-13(19)11(2)15(14)18/h4-5,8-9,19H,6-7H2,1-3H3. The highest BCUT2D eigenvalue weighted by molar-refractivity contribution is 7.90. The summed E-state index contributed by atoms with van der Waals surface area (Å²) in [5, 5.41) is 10.1. The minimum absolute atomic E-state index is 0.0855. The molecule has 2 aromatic rings. The van der Waals surface area contributed by atoms with Crippen molar-refractivity contribution in [1.29, 1.82) is 0 Å². The number of anilines is 2. The lowest BCUT2D eigenvalue weighted by Crippen LogP contribution is -2.29. The number of phenolic OH excluding ortho intramolecular Hbond substituents is 1. The number of pyridine rings is 1. The second-order valence-corrected chi connectivity index (χ2v) is 7.58. The first-order valence-electron chi connectivity index (χ1n) is 7.18. The average molecular weight is 334 g/mol. The normalized spacial score (nSPS) is 14.3. The summed E-state index contributed by atoms with van der Waals surface area (Å²) in [6, 6.07) is 5.13. The van der Waals surface area contributed by atoms with E-state index in [0.717, 1.165) is 17.6 Å². The summed E-state index contributed by atoms with van der Waals surface area (Å²) in [6.45, 7) is 4.64. The van der Waals surface area contributed by atoms with Crippen LogP contribution >= 0.6 is 0 Å². The van der Waals surface area contributed by atoms with E-state index in [1.165, 1.54) is 0 Å². The number of ether oxygens (including phenoxy) is 1. The van der Waals surface area contributed by atoms with Crippen molar-refractivity contribution < 1.29 is 18.3 Å². The van der Waals surface area contributed by atoms with E-state index in [1.54, 1.807) is 31.3 Å². The Kier molecular flexibility index (Phi) is 3.68. The largest absolute Gasteiger partial charge is 0.508 e. The van der Waals surface area contributed by atoms with Gasteiger partial charge in [-0.25, -0.2) is 13.4 Å². The van der Waals surface area contributed by atoms with Crippen molar-refractivity contribution in [2.75, 3.05) is 24.3 Å².